The van der Waals surface area contributed by atoms with Crippen molar-refractivity contribution in [3.05, 3.63) is 28.3 Å². The van der Waals surface area contributed by atoms with E-state index in [1.165, 1.54) is 0 Å². The summed E-state index contributed by atoms with van der Waals surface area (Å²) in [6.07, 6.45) is 4.17. The number of nitrogens with one attached hydrogen (secondary N) is 6. The fraction of sp³-hybridized carbons (Fsp3) is 0.769. The summed E-state index contributed by atoms with van der Waals surface area (Å²) in [6, 6.07) is 5.66. The molecule has 2 aliphatic heterocycles. The Kier molecular flexibility index (Phi) is 14.6. The topological polar surface area (TPSA) is 122 Å². The molecule has 1 aromatic rings. The third-order valence-electron chi connectivity index (χ3n) is 6.88. The van der Waals surface area contributed by atoms with Gasteiger partial charge in [-0.25, -0.2) is 0 Å². The van der Waals surface area contributed by atoms with Gasteiger partial charge in [-0.3, -0.25) is 10.1 Å². The number of benzene rings is 1. The Morgan fingerprint density at radius 3 is 1.30 bits per heavy atom. The van der Waals surface area contributed by atoms with Crippen molar-refractivity contribution in [3.8, 4) is 0 Å². The number of non-ortho nitro benzene ring substituents is 1. The van der Waals surface area contributed by atoms with Gasteiger partial charge < -0.3 is 41.7 Å². The molecule has 37 heavy (non-hydrogen) atoms. The lowest BCUT2D eigenvalue weighted by Gasteiger charge is -2.29. The highest BCUT2D eigenvalue weighted by molar-refractivity contribution is 5.65. The molecule has 0 amide bonds. The Morgan fingerprint density at radius 2 is 0.892 bits per heavy atom. The molecule has 11 nitrogen and oxygen atoms in total. The number of nitro groups is 1. The standard InChI is InChI=1S/C26H49N9O2/c36-35(37)26-22-24(33-17-3-9-29-13-11-27-5-1-7-31-15-19-33)21-25(23-26)34-18-4-10-30-14-12-28-6-2-8-32-16-20-34/h21-23,27-32H,1-20H2. The Labute approximate surface area is 222 Å². The zero-order valence-corrected chi connectivity index (χ0v) is 22.5. The molecular formula is C26H49N9O2. The van der Waals surface area contributed by atoms with Gasteiger partial charge in [0.25, 0.3) is 5.69 Å². The molecule has 210 valence electrons. The summed E-state index contributed by atoms with van der Waals surface area (Å²) in [6.45, 7) is 14.8. The van der Waals surface area contributed by atoms with Crippen LogP contribution in [0.25, 0.3) is 0 Å². The molecule has 0 spiro atoms. The SMILES string of the molecule is O=[N+]([O-])c1cc(N2CCCNCCNCCCNCC2)cc(N2CCCNCCNCCCNCC2)c1. The van der Waals surface area contributed by atoms with Crippen LogP contribution in [-0.2, 0) is 0 Å². The first-order valence-corrected chi connectivity index (χ1v) is 14.3. The average molecular weight is 520 g/mol. The number of nitro benzene ring substituents is 1. The Hall–Kier alpha value is -2.02. The molecule has 0 atom stereocenters. The lowest BCUT2D eigenvalue weighted by molar-refractivity contribution is -0.384. The van der Waals surface area contributed by atoms with E-state index in [1.807, 2.05) is 0 Å². The van der Waals surface area contributed by atoms with Crippen molar-refractivity contribution in [1.29, 1.82) is 0 Å². The summed E-state index contributed by atoms with van der Waals surface area (Å²) in [5.41, 5.74) is 2.05. The molecule has 2 saturated heterocycles. The number of rotatable bonds is 3. The van der Waals surface area contributed by atoms with Gasteiger partial charge in [0.1, 0.15) is 0 Å². The summed E-state index contributed by atoms with van der Waals surface area (Å²) >= 11 is 0. The molecule has 0 bridgehead atoms. The van der Waals surface area contributed by atoms with Crippen molar-refractivity contribution in [3.63, 3.8) is 0 Å². The van der Waals surface area contributed by atoms with Crippen molar-refractivity contribution in [2.45, 2.75) is 25.7 Å². The van der Waals surface area contributed by atoms with Gasteiger partial charge in [-0.05, 0) is 71.0 Å². The van der Waals surface area contributed by atoms with Crippen molar-refractivity contribution in [2.24, 2.45) is 0 Å². The van der Waals surface area contributed by atoms with Crippen LogP contribution in [0.1, 0.15) is 25.7 Å². The second kappa shape index (κ2) is 18.3. The average Bonchev–Trinajstić information content (AvgIpc) is 2.90. The first kappa shape index (κ1) is 29.5. The highest BCUT2D eigenvalue weighted by atomic mass is 16.6. The number of anilines is 2. The van der Waals surface area contributed by atoms with Crippen LogP contribution >= 0.6 is 0 Å². The molecule has 2 aliphatic rings. The second-order valence-electron chi connectivity index (χ2n) is 9.85. The highest BCUT2D eigenvalue weighted by Gasteiger charge is 2.18. The Balaban J connectivity index is 1.75. The van der Waals surface area contributed by atoms with E-state index in [1.54, 1.807) is 12.1 Å². The lowest BCUT2D eigenvalue weighted by atomic mass is 10.2. The van der Waals surface area contributed by atoms with Crippen molar-refractivity contribution in [2.75, 3.05) is 115 Å². The number of hydrogen-bond donors (Lipinski definition) is 6. The van der Waals surface area contributed by atoms with Gasteiger partial charge in [-0.15, -0.1) is 0 Å². The van der Waals surface area contributed by atoms with Crippen LogP contribution in [0.5, 0.6) is 0 Å². The van der Waals surface area contributed by atoms with Crippen LogP contribution < -0.4 is 41.7 Å². The Bertz CT molecular complexity index is 687. The molecule has 2 fully saturated rings. The first-order valence-electron chi connectivity index (χ1n) is 14.3. The zero-order chi connectivity index (χ0) is 26.0. The lowest BCUT2D eigenvalue weighted by Crippen LogP contribution is -2.38. The van der Waals surface area contributed by atoms with E-state index >= 15 is 0 Å². The fourth-order valence-electron chi connectivity index (χ4n) is 4.79. The van der Waals surface area contributed by atoms with Gasteiger partial charge in [-0.2, -0.15) is 0 Å². The van der Waals surface area contributed by atoms with Crippen LogP contribution in [0, 0.1) is 10.1 Å². The van der Waals surface area contributed by atoms with E-state index in [2.05, 4.69) is 47.8 Å². The maximum absolute atomic E-state index is 11.9. The molecular weight excluding hydrogens is 470 g/mol. The summed E-state index contributed by atoms with van der Waals surface area (Å²) in [5, 5.41) is 33.0. The molecule has 0 saturated carbocycles. The van der Waals surface area contributed by atoms with Crippen LogP contribution in [0.3, 0.4) is 0 Å². The summed E-state index contributed by atoms with van der Waals surface area (Å²) in [5.74, 6) is 0. The number of nitrogens with zero attached hydrogens (tertiary/aromatic N) is 3. The molecule has 0 radical (unpaired) electrons. The minimum Gasteiger partial charge on any atom is -0.370 e. The third kappa shape index (κ3) is 11.9. The van der Waals surface area contributed by atoms with Crippen LogP contribution in [0.15, 0.2) is 18.2 Å². The normalized spacial score (nSPS) is 21.5. The van der Waals surface area contributed by atoms with Crippen LogP contribution in [0.4, 0.5) is 17.1 Å². The van der Waals surface area contributed by atoms with Gasteiger partial charge in [-0.1, -0.05) is 0 Å². The van der Waals surface area contributed by atoms with E-state index in [-0.39, 0.29) is 10.6 Å². The van der Waals surface area contributed by atoms with E-state index < -0.39 is 0 Å². The molecule has 1 aromatic carbocycles. The minimum atomic E-state index is -0.249. The number of hydrogen-bond acceptors (Lipinski definition) is 10. The summed E-state index contributed by atoms with van der Waals surface area (Å²) in [4.78, 5) is 16.3. The van der Waals surface area contributed by atoms with Gasteiger partial charge in [0.05, 0.1) is 4.92 Å². The predicted molar refractivity (Wildman–Crippen MR) is 153 cm³/mol. The smallest absolute Gasteiger partial charge is 0.273 e. The molecule has 0 aliphatic carbocycles. The summed E-state index contributed by atoms with van der Waals surface area (Å²) in [7, 11) is 0. The first-order chi connectivity index (χ1) is 18.2. The van der Waals surface area contributed by atoms with Crippen LogP contribution in [-0.4, -0.2) is 110 Å². The zero-order valence-electron chi connectivity index (χ0n) is 22.5. The minimum absolute atomic E-state index is 0.167. The fourth-order valence-corrected chi connectivity index (χ4v) is 4.79. The second-order valence-corrected chi connectivity index (χ2v) is 9.85. The molecule has 3 rings (SSSR count). The largest absolute Gasteiger partial charge is 0.370 e. The monoisotopic (exact) mass is 519 g/mol. The van der Waals surface area contributed by atoms with E-state index in [0.29, 0.717) is 0 Å². The van der Waals surface area contributed by atoms with Gasteiger partial charge in [0, 0.05) is 89.0 Å². The predicted octanol–water partition coefficient (Wildman–Crippen LogP) is 0.333. The van der Waals surface area contributed by atoms with E-state index in [4.69, 9.17) is 0 Å². The third-order valence-corrected chi connectivity index (χ3v) is 6.88. The van der Waals surface area contributed by atoms with Crippen molar-refractivity contribution >= 4 is 17.1 Å². The van der Waals surface area contributed by atoms with Gasteiger partial charge >= 0.3 is 0 Å². The van der Waals surface area contributed by atoms with E-state index in [9.17, 15) is 10.1 Å². The van der Waals surface area contributed by atoms with Crippen molar-refractivity contribution < 1.29 is 4.92 Å². The Morgan fingerprint density at radius 1 is 0.514 bits per heavy atom. The van der Waals surface area contributed by atoms with E-state index in [0.717, 1.165) is 142 Å². The quantitative estimate of drug-likeness (QED) is 0.246. The molecule has 0 unspecified atom stereocenters. The summed E-state index contributed by atoms with van der Waals surface area (Å²) < 4.78 is 0. The molecule has 11 heteroatoms. The maximum atomic E-state index is 11.9. The molecule has 2 heterocycles. The molecule has 6 N–H and O–H groups in total. The highest BCUT2D eigenvalue weighted by Crippen LogP contribution is 2.29. The van der Waals surface area contributed by atoms with Crippen molar-refractivity contribution in [1.82, 2.24) is 31.9 Å². The molecule has 0 aromatic heterocycles. The van der Waals surface area contributed by atoms with Gasteiger partial charge in [0.15, 0.2) is 0 Å². The van der Waals surface area contributed by atoms with Crippen LogP contribution in [0.2, 0.25) is 0 Å². The van der Waals surface area contributed by atoms with Gasteiger partial charge in [0.2, 0.25) is 0 Å². The maximum Gasteiger partial charge on any atom is 0.273 e.